The Hall–Kier alpha value is -0.970. The van der Waals surface area contributed by atoms with Crippen LogP contribution in [0.1, 0.15) is 30.0 Å². The maximum atomic E-state index is 13.7. The van der Waals surface area contributed by atoms with Crippen LogP contribution in [0.2, 0.25) is 0 Å². The fraction of sp³-hybridized carbons (Fsp3) is 0.647. The van der Waals surface area contributed by atoms with E-state index in [1.807, 2.05) is 19.2 Å². The summed E-state index contributed by atoms with van der Waals surface area (Å²) in [4.78, 5) is 2.48. The van der Waals surface area contributed by atoms with Gasteiger partial charge in [0.15, 0.2) is 0 Å². The first-order valence-corrected chi connectivity index (χ1v) is 7.78. The second kappa shape index (κ2) is 7.87. The molecule has 2 atom stereocenters. The number of hydrogen-bond acceptors (Lipinski definition) is 3. The number of ether oxygens (including phenoxy) is 1. The summed E-state index contributed by atoms with van der Waals surface area (Å²) in [6, 6.07) is 5.76. The van der Waals surface area contributed by atoms with Crippen molar-refractivity contribution in [3.8, 4) is 0 Å². The van der Waals surface area contributed by atoms with Crippen LogP contribution in [0.25, 0.3) is 0 Å². The monoisotopic (exact) mass is 294 g/mol. The third-order valence-corrected chi connectivity index (χ3v) is 4.45. The fourth-order valence-corrected chi connectivity index (χ4v) is 3.10. The van der Waals surface area contributed by atoms with Crippen molar-refractivity contribution in [3.05, 3.63) is 35.1 Å². The van der Waals surface area contributed by atoms with Gasteiger partial charge in [0.1, 0.15) is 5.82 Å². The zero-order chi connectivity index (χ0) is 15.2. The van der Waals surface area contributed by atoms with Crippen molar-refractivity contribution in [2.24, 2.45) is 5.92 Å². The minimum Gasteiger partial charge on any atom is -0.384 e. The van der Waals surface area contributed by atoms with E-state index >= 15 is 0 Å². The molecule has 1 N–H and O–H groups in total. The summed E-state index contributed by atoms with van der Waals surface area (Å²) >= 11 is 0. The van der Waals surface area contributed by atoms with Crippen LogP contribution >= 0.6 is 0 Å². The molecule has 2 rings (SSSR count). The Kier molecular flexibility index (Phi) is 6.15. The maximum absolute atomic E-state index is 13.7. The Morgan fingerprint density at radius 1 is 1.48 bits per heavy atom. The van der Waals surface area contributed by atoms with Gasteiger partial charge >= 0.3 is 0 Å². The Labute approximate surface area is 127 Å². The molecule has 0 saturated carbocycles. The van der Waals surface area contributed by atoms with E-state index in [4.69, 9.17) is 4.74 Å². The van der Waals surface area contributed by atoms with E-state index in [1.54, 1.807) is 20.1 Å². The summed E-state index contributed by atoms with van der Waals surface area (Å²) in [6.07, 6.45) is 2.22. The molecule has 2 unspecified atom stereocenters. The molecule has 1 aromatic rings. The van der Waals surface area contributed by atoms with Crippen molar-refractivity contribution in [1.82, 2.24) is 10.2 Å². The first-order valence-electron chi connectivity index (χ1n) is 7.78. The van der Waals surface area contributed by atoms with Gasteiger partial charge in [-0.3, -0.25) is 0 Å². The second-order valence-electron chi connectivity index (χ2n) is 6.05. The number of benzene rings is 1. The summed E-state index contributed by atoms with van der Waals surface area (Å²) in [5.74, 6) is 0.550. The highest BCUT2D eigenvalue weighted by Gasteiger charge is 2.23. The molecule has 0 amide bonds. The zero-order valence-corrected chi connectivity index (χ0v) is 13.4. The van der Waals surface area contributed by atoms with Gasteiger partial charge in [0.25, 0.3) is 0 Å². The van der Waals surface area contributed by atoms with E-state index in [2.05, 4.69) is 10.2 Å². The molecule has 1 heterocycles. The van der Waals surface area contributed by atoms with Crippen LogP contribution in [0, 0.1) is 18.7 Å². The third kappa shape index (κ3) is 4.50. The van der Waals surface area contributed by atoms with Crippen LogP contribution in [0.3, 0.4) is 0 Å². The topological polar surface area (TPSA) is 24.5 Å². The summed E-state index contributed by atoms with van der Waals surface area (Å²) in [5.41, 5.74) is 1.74. The van der Waals surface area contributed by atoms with Gasteiger partial charge < -0.3 is 15.0 Å². The number of nitrogens with one attached hydrogen (secondary N) is 1. The molecule has 3 nitrogen and oxygen atoms in total. The molecule has 4 heteroatoms. The Bertz CT molecular complexity index is 452. The lowest BCUT2D eigenvalue weighted by molar-refractivity contribution is 0.153. The van der Waals surface area contributed by atoms with Crippen molar-refractivity contribution < 1.29 is 9.13 Å². The number of halogens is 1. The van der Waals surface area contributed by atoms with Gasteiger partial charge in [-0.2, -0.15) is 0 Å². The predicted molar refractivity (Wildman–Crippen MR) is 84.0 cm³/mol. The van der Waals surface area contributed by atoms with Gasteiger partial charge in [0, 0.05) is 19.7 Å². The summed E-state index contributed by atoms with van der Waals surface area (Å²) < 4.78 is 18.9. The molecular formula is C17H27FN2O. The number of hydrogen-bond donors (Lipinski definition) is 1. The second-order valence-corrected chi connectivity index (χ2v) is 6.05. The molecular weight excluding hydrogens is 267 g/mol. The zero-order valence-electron chi connectivity index (χ0n) is 13.4. The lowest BCUT2D eigenvalue weighted by Crippen LogP contribution is -2.27. The first kappa shape index (κ1) is 16.4. The highest BCUT2D eigenvalue weighted by molar-refractivity contribution is 5.25. The van der Waals surface area contributed by atoms with Gasteiger partial charge in [-0.1, -0.05) is 12.1 Å². The van der Waals surface area contributed by atoms with E-state index < -0.39 is 0 Å². The first-order chi connectivity index (χ1) is 10.1. The molecule has 0 bridgehead atoms. The lowest BCUT2D eigenvalue weighted by Gasteiger charge is -2.22. The molecule has 1 aliphatic heterocycles. The molecule has 0 aromatic heterocycles. The van der Waals surface area contributed by atoms with Crippen LogP contribution in [0.15, 0.2) is 18.2 Å². The Morgan fingerprint density at radius 3 is 2.95 bits per heavy atom. The van der Waals surface area contributed by atoms with Crippen LogP contribution in [0.4, 0.5) is 4.39 Å². The van der Waals surface area contributed by atoms with Crippen molar-refractivity contribution in [2.45, 2.75) is 25.8 Å². The predicted octanol–water partition coefficient (Wildman–Crippen LogP) is 2.75. The molecule has 1 aliphatic rings. The highest BCUT2D eigenvalue weighted by atomic mass is 19.1. The molecule has 0 aliphatic carbocycles. The van der Waals surface area contributed by atoms with Crippen LogP contribution < -0.4 is 5.32 Å². The fourth-order valence-electron chi connectivity index (χ4n) is 3.10. The van der Waals surface area contributed by atoms with Gasteiger partial charge in [0.2, 0.25) is 0 Å². The van der Waals surface area contributed by atoms with Crippen LogP contribution in [0.5, 0.6) is 0 Å². The van der Waals surface area contributed by atoms with Crippen molar-refractivity contribution >= 4 is 0 Å². The standard InChI is InChI=1S/C17H27FN2O/c1-13-4-5-15(10-16(13)18)17(19-2)7-9-20-8-6-14(11-20)12-21-3/h4-5,10,14,17,19H,6-9,11-12H2,1-3H3. The SMILES string of the molecule is CNC(CCN1CCC(COC)C1)c1ccc(C)c(F)c1. The quantitative estimate of drug-likeness (QED) is 0.837. The number of nitrogens with zero attached hydrogens (tertiary/aromatic N) is 1. The maximum Gasteiger partial charge on any atom is 0.126 e. The van der Waals surface area contributed by atoms with Gasteiger partial charge in [-0.15, -0.1) is 0 Å². The van der Waals surface area contributed by atoms with E-state index in [-0.39, 0.29) is 11.9 Å². The van der Waals surface area contributed by atoms with Crippen LogP contribution in [-0.4, -0.2) is 45.3 Å². The third-order valence-electron chi connectivity index (χ3n) is 4.45. The molecule has 0 radical (unpaired) electrons. The van der Waals surface area contributed by atoms with Crippen LogP contribution in [-0.2, 0) is 4.74 Å². The van der Waals surface area contributed by atoms with Crippen molar-refractivity contribution in [3.63, 3.8) is 0 Å². The number of methoxy groups -OCH3 is 1. The molecule has 0 spiro atoms. The van der Waals surface area contributed by atoms with E-state index in [1.165, 1.54) is 6.42 Å². The van der Waals surface area contributed by atoms with Crippen molar-refractivity contribution in [2.75, 3.05) is 40.4 Å². The number of rotatable bonds is 7. The van der Waals surface area contributed by atoms with Gasteiger partial charge in [-0.25, -0.2) is 4.39 Å². The van der Waals surface area contributed by atoms with Gasteiger partial charge in [0.05, 0.1) is 6.61 Å². The molecule has 118 valence electrons. The Morgan fingerprint density at radius 2 is 2.29 bits per heavy atom. The number of aryl methyl sites for hydroxylation is 1. The molecule has 1 saturated heterocycles. The smallest absolute Gasteiger partial charge is 0.126 e. The minimum atomic E-state index is -0.117. The number of likely N-dealkylation sites (tertiary alicyclic amines) is 1. The van der Waals surface area contributed by atoms with Gasteiger partial charge in [-0.05, 0) is 63.0 Å². The summed E-state index contributed by atoms with van der Waals surface area (Å²) in [6.45, 7) is 5.96. The summed E-state index contributed by atoms with van der Waals surface area (Å²) in [7, 11) is 3.71. The minimum absolute atomic E-state index is 0.117. The average molecular weight is 294 g/mol. The lowest BCUT2D eigenvalue weighted by atomic mass is 10.0. The largest absolute Gasteiger partial charge is 0.384 e. The Balaban J connectivity index is 1.87. The van der Waals surface area contributed by atoms with Crippen molar-refractivity contribution in [1.29, 1.82) is 0 Å². The van der Waals surface area contributed by atoms with E-state index in [0.29, 0.717) is 11.5 Å². The highest BCUT2D eigenvalue weighted by Crippen LogP contribution is 2.22. The van der Waals surface area contributed by atoms with E-state index in [0.717, 1.165) is 38.2 Å². The molecule has 21 heavy (non-hydrogen) atoms. The average Bonchev–Trinajstić information content (AvgIpc) is 2.91. The van der Waals surface area contributed by atoms with E-state index in [9.17, 15) is 4.39 Å². The summed E-state index contributed by atoms with van der Waals surface area (Å²) in [5, 5.41) is 3.31. The molecule has 1 fully saturated rings. The molecule has 1 aromatic carbocycles. The normalized spacial score (nSPS) is 20.9.